The molecule has 0 aliphatic heterocycles. The van der Waals surface area contributed by atoms with Gasteiger partial charge < -0.3 is 37.9 Å². The zero-order valence-corrected chi connectivity index (χ0v) is 44.6. The van der Waals surface area contributed by atoms with Gasteiger partial charge >= 0.3 is 0 Å². The minimum absolute atomic E-state index is 0.0758. The molecular formula is C64H80O8. The number of fused-ring (bicyclic) bond motifs is 8. The molecule has 0 spiro atoms. The minimum atomic E-state index is -0.214. The van der Waals surface area contributed by atoms with E-state index in [1.807, 2.05) is 24.3 Å². The van der Waals surface area contributed by atoms with Crippen molar-refractivity contribution in [2.75, 3.05) is 54.9 Å². The van der Waals surface area contributed by atoms with Crippen molar-refractivity contribution in [2.24, 2.45) is 0 Å². The predicted octanol–water partition coefficient (Wildman–Crippen LogP) is 14.9. The molecule has 4 atom stereocenters. The Kier molecular flexibility index (Phi) is 23.3. The summed E-state index contributed by atoms with van der Waals surface area (Å²) in [4.78, 5) is 0. The summed E-state index contributed by atoms with van der Waals surface area (Å²) < 4.78 is 52.1. The molecule has 0 fully saturated rings. The van der Waals surface area contributed by atoms with Crippen molar-refractivity contribution in [3.63, 3.8) is 0 Å². The molecule has 8 nitrogen and oxygen atoms in total. The lowest BCUT2D eigenvalue weighted by Gasteiger charge is -2.32. The predicted molar refractivity (Wildman–Crippen MR) is 293 cm³/mol. The Labute approximate surface area is 433 Å². The van der Waals surface area contributed by atoms with Crippen molar-refractivity contribution in [2.45, 2.75) is 154 Å². The largest absolute Gasteiger partial charge is 0.496 e. The molecule has 4 unspecified atom stereocenters. The van der Waals surface area contributed by atoms with Crippen LogP contribution in [0.4, 0.5) is 0 Å². The summed E-state index contributed by atoms with van der Waals surface area (Å²) in [5.41, 5.74) is 7.96. The van der Waals surface area contributed by atoms with Gasteiger partial charge in [0.15, 0.2) is 0 Å². The van der Waals surface area contributed by atoms with Crippen LogP contribution in [0.15, 0.2) is 48.5 Å². The van der Waals surface area contributed by atoms with Gasteiger partial charge in [-0.2, -0.15) is 0 Å². The third-order valence-electron chi connectivity index (χ3n) is 14.1. The molecule has 0 saturated heterocycles. The molecule has 0 aromatic heterocycles. The molecule has 8 bridgehead atoms. The van der Waals surface area contributed by atoms with E-state index in [-0.39, 0.29) is 50.1 Å². The Hall–Kier alpha value is -6.48. The van der Waals surface area contributed by atoms with Crippen molar-refractivity contribution in [1.82, 2.24) is 0 Å². The van der Waals surface area contributed by atoms with Crippen LogP contribution < -0.4 is 37.9 Å². The van der Waals surface area contributed by atoms with Gasteiger partial charge in [0, 0.05) is 92.4 Å². The Bertz CT molecular complexity index is 2180. The average molecular weight is 977 g/mol. The molecule has 0 heterocycles. The quantitative estimate of drug-likeness (QED) is 0.0412. The van der Waals surface area contributed by atoms with Gasteiger partial charge in [-0.05, 0) is 49.9 Å². The highest BCUT2D eigenvalue weighted by Gasteiger charge is 2.35. The summed E-state index contributed by atoms with van der Waals surface area (Å²) in [5, 5.41) is 0. The third kappa shape index (κ3) is 13.9. The summed E-state index contributed by atoms with van der Waals surface area (Å²) in [6.07, 6.45) is 39.1. The minimum Gasteiger partial charge on any atom is -0.496 e. The van der Waals surface area contributed by atoms with Crippen LogP contribution in [-0.4, -0.2) is 54.9 Å². The third-order valence-corrected chi connectivity index (χ3v) is 14.1. The van der Waals surface area contributed by atoms with E-state index in [0.29, 0.717) is 46.0 Å². The number of hydrogen-bond donors (Lipinski definition) is 0. The monoisotopic (exact) mass is 977 g/mol. The van der Waals surface area contributed by atoms with E-state index in [4.69, 9.17) is 63.6 Å². The standard InChI is InChI=1S/C64H80O8/c1-13-21-25-29-45-49-37-54(62(70-34-18-6)41-57(49)65-9)47(31-27-23-15-3)51-39-56(64(72-36-20-8)43-59(51)67-11)48(32-28-24-16-4)52-40-55(63(71-35-19-7)44-60(52)68-12)46(30-26-22-14-2)50-38-53(45)61(69-33-17-5)42-58(50)66-10/h5-8,37-48H,13-16,21-36H2,1-4,9-12H3. The summed E-state index contributed by atoms with van der Waals surface area (Å²) in [7, 11) is 6.88. The lowest BCUT2D eigenvalue weighted by Crippen LogP contribution is -2.16. The second-order valence-electron chi connectivity index (χ2n) is 18.7. The van der Waals surface area contributed by atoms with Crippen LogP contribution in [0.2, 0.25) is 0 Å². The van der Waals surface area contributed by atoms with Gasteiger partial charge in [0.2, 0.25) is 0 Å². The maximum Gasteiger partial charge on any atom is 0.148 e. The average Bonchev–Trinajstić information content (AvgIpc) is 3.40. The zero-order chi connectivity index (χ0) is 51.8. The van der Waals surface area contributed by atoms with Gasteiger partial charge in [0.05, 0.1) is 28.4 Å². The maximum absolute atomic E-state index is 6.60. The summed E-state index contributed by atoms with van der Waals surface area (Å²) in [6.45, 7) is 9.22. The summed E-state index contributed by atoms with van der Waals surface area (Å²) in [5.74, 6) is 15.4. The van der Waals surface area contributed by atoms with E-state index in [1.54, 1.807) is 28.4 Å². The van der Waals surface area contributed by atoms with E-state index in [9.17, 15) is 0 Å². The number of benzene rings is 4. The van der Waals surface area contributed by atoms with Crippen molar-refractivity contribution in [3.8, 4) is 95.4 Å². The van der Waals surface area contributed by atoms with E-state index in [2.05, 4.69) is 75.6 Å². The lowest BCUT2D eigenvalue weighted by atomic mass is 9.76. The molecule has 1 aliphatic carbocycles. The molecule has 384 valence electrons. The smallest absolute Gasteiger partial charge is 0.148 e. The molecule has 0 N–H and O–H groups in total. The van der Waals surface area contributed by atoms with E-state index < -0.39 is 0 Å². The van der Waals surface area contributed by atoms with E-state index in [1.165, 1.54) is 0 Å². The van der Waals surface area contributed by atoms with Crippen LogP contribution >= 0.6 is 0 Å². The molecule has 0 saturated carbocycles. The molecule has 4 aromatic carbocycles. The fourth-order valence-electron chi connectivity index (χ4n) is 10.6. The molecule has 5 rings (SSSR count). The zero-order valence-electron chi connectivity index (χ0n) is 44.6. The Morgan fingerprint density at radius 1 is 0.306 bits per heavy atom. The number of rotatable bonds is 28. The van der Waals surface area contributed by atoms with Gasteiger partial charge in [-0.15, -0.1) is 25.7 Å². The van der Waals surface area contributed by atoms with Crippen LogP contribution in [0, 0.1) is 49.4 Å². The number of ether oxygens (including phenoxy) is 8. The molecule has 0 amide bonds. The molecule has 0 radical (unpaired) electrons. The van der Waals surface area contributed by atoms with Crippen LogP contribution in [-0.2, 0) is 0 Å². The van der Waals surface area contributed by atoms with Gasteiger partial charge in [0.1, 0.15) is 72.4 Å². The van der Waals surface area contributed by atoms with Gasteiger partial charge in [-0.3, -0.25) is 0 Å². The second kappa shape index (κ2) is 29.8. The Balaban J connectivity index is 2.14. The normalized spacial score (nSPS) is 15.7. The van der Waals surface area contributed by atoms with E-state index in [0.717, 1.165) is 147 Å². The second-order valence-corrected chi connectivity index (χ2v) is 18.7. The highest BCUT2D eigenvalue weighted by molar-refractivity contribution is 5.63. The summed E-state index contributed by atoms with van der Waals surface area (Å²) in [6, 6.07) is 17.3. The first-order valence-electron chi connectivity index (χ1n) is 26.4. The summed E-state index contributed by atoms with van der Waals surface area (Å²) >= 11 is 0. The van der Waals surface area contributed by atoms with Crippen molar-refractivity contribution in [3.05, 3.63) is 93.0 Å². The van der Waals surface area contributed by atoms with Crippen LogP contribution in [0.5, 0.6) is 46.0 Å². The Morgan fingerprint density at radius 3 is 0.667 bits per heavy atom. The fraction of sp³-hybridized carbons (Fsp3) is 0.500. The van der Waals surface area contributed by atoms with E-state index >= 15 is 0 Å². The highest BCUT2D eigenvalue weighted by atomic mass is 16.5. The SMILES string of the molecule is C#CCOc1cc(OC)c2cc1C(CCCCC)c1cc(c(OCC#C)cc1OC)C(CCCCC)c1cc(c(OCC#C)cc1OC)C(CCCCC)c1cc(c(OCC#C)cc1OC)C2CCCCC. The van der Waals surface area contributed by atoms with Crippen molar-refractivity contribution < 1.29 is 37.9 Å². The van der Waals surface area contributed by atoms with Crippen LogP contribution in [0.25, 0.3) is 0 Å². The number of hydrogen-bond acceptors (Lipinski definition) is 8. The molecule has 8 heteroatoms. The lowest BCUT2D eigenvalue weighted by molar-refractivity contribution is 0.347. The van der Waals surface area contributed by atoms with Crippen LogP contribution in [0.1, 0.15) is 199 Å². The van der Waals surface area contributed by atoms with Crippen molar-refractivity contribution in [1.29, 1.82) is 0 Å². The van der Waals surface area contributed by atoms with Gasteiger partial charge in [0.25, 0.3) is 0 Å². The number of methoxy groups -OCH3 is 4. The number of terminal acetylenes is 4. The molecule has 1 aliphatic rings. The maximum atomic E-state index is 6.60. The molecule has 72 heavy (non-hydrogen) atoms. The van der Waals surface area contributed by atoms with Gasteiger partial charge in [-0.25, -0.2) is 0 Å². The first-order valence-corrected chi connectivity index (χ1v) is 26.4. The molecule has 4 aromatic rings. The highest BCUT2D eigenvalue weighted by Crippen LogP contribution is 2.53. The van der Waals surface area contributed by atoms with Crippen molar-refractivity contribution >= 4 is 0 Å². The Morgan fingerprint density at radius 2 is 0.500 bits per heavy atom. The van der Waals surface area contributed by atoms with Crippen LogP contribution in [0.3, 0.4) is 0 Å². The number of unbranched alkanes of at least 4 members (excludes halogenated alkanes) is 8. The fourth-order valence-corrected chi connectivity index (χ4v) is 10.6. The first-order chi connectivity index (χ1) is 35.2. The van der Waals surface area contributed by atoms with Gasteiger partial charge in [-0.1, -0.05) is 128 Å². The topological polar surface area (TPSA) is 73.8 Å². The molecular weight excluding hydrogens is 897 g/mol. The first kappa shape index (κ1) is 56.4.